The van der Waals surface area contributed by atoms with Gasteiger partial charge in [-0.3, -0.25) is 6.08 Å². The summed E-state index contributed by atoms with van der Waals surface area (Å²) in [5, 5.41) is 0. The van der Waals surface area contributed by atoms with E-state index < -0.39 is 8.32 Å². The van der Waals surface area contributed by atoms with Gasteiger partial charge >= 0.3 is 28.4 Å². The molecule has 0 aromatic heterocycles. The van der Waals surface area contributed by atoms with Gasteiger partial charge in [-0.25, -0.2) is 12.2 Å². The topological polar surface area (TPSA) is 33.0 Å². The van der Waals surface area contributed by atoms with Crippen molar-refractivity contribution in [1.29, 1.82) is 0 Å². The van der Waals surface area contributed by atoms with E-state index in [1.165, 1.54) is 24.2 Å². The second-order valence-electron chi connectivity index (χ2n) is 6.07. The van der Waals surface area contributed by atoms with Gasteiger partial charge in [0.15, 0.2) is 8.32 Å². The third kappa shape index (κ3) is 84.0. The second kappa shape index (κ2) is 25.2. The minimum absolute atomic E-state index is 0. The molecule has 2 nitrogen and oxygen atoms in total. The molecule has 1 aliphatic rings. The van der Waals surface area contributed by atoms with Crippen LogP contribution < -0.4 is 0 Å². The average molecular weight is 462 g/mol. The molecule has 23 heavy (non-hydrogen) atoms. The quantitative estimate of drug-likeness (QED) is 0.350. The van der Waals surface area contributed by atoms with E-state index in [0.29, 0.717) is 0 Å². The van der Waals surface area contributed by atoms with Crippen molar-refractivity contribution < 1.29 is 28.7 Å². The van der Waals surface area contributed by atoms with Gasteiger partial charge in [0.25, 0.3) is 0 Å². The van der Waals surface area contributed by atoms with Gasteiger partial charge in [-0.05, 0) is 19.6 Å². The van der Waals surface area contributed by atoms with Gasteiger partial charge in [0, 0.05) is 6.61 Å². The van der Waals surface area contributed by atoms with Crippen molar-refractivity contribution in [3.05, 3.63) is 44.4 Å². The fourth-order valence-electron chi connectivity index (χ4n) is 0.719. The van der Waals surface area contributed by atoms with Gasteiger partial charge in [-0.15, -0.1) is 36.8 Å². The first-order valence-corrected chi connectivity index (χ1v) is 12.0. The number of rotatable bonds is 3. The van der Waals surface area contributed by atoms with E-state index in [-0.39, 0.29) is 37.8 Å². The van der Waals surface area contributed by atoms with E-state index in [4.69, 9.17) is 10.2 Å². The molecule has 0 atom stereocenters. The molecule has 0 radical (unpaired) electrons. The number of hydrogen-bond donors (Lipinski definition) is 0. The van der Waals surface area contributed by atoms with Crippen molar-refractivity contribution in [2.45, 2.75) is 58.8 Å². The Morgan fingerprint density at radius 2 is 1.65 bits per heavy atom. The van der Waals surface area contributed by atoms with Crippen molar-refractivity contribution >= 4 is 37.3 Å². The summed E-state index contributed by atoms with van der Waals surface area (Å²) in [6, 6.07) is 0. The van der Waals surface area contributed by atoms with Crippen molar-refractivity contribution in [1.82, 2.24) is 0 Å². The SMILES string of the molecule is CC(C)(C)[NH-].Cl.Cl.[C-]1=CC=CC1.[CH2-]CCO[Si](C)(C)C.[CH2]=[Zr].[CH3-]. The predicted molar refractivity (Wildman–Crippen MR) is 113 cm³/mol. The van der Waals surface area contributed by atoms with Crippen LogP contribution in [0.15, 0.2) is 18.2 Å². The average Bonchev–Trinajstić information content (AvgIpc) is 2.84. The summed E-state index contributed by atoms with van der Waals surface area (Å²) in [5.41, 5.74) is 6.69. The second-order valence-corrected chi connectivity index (χ2v) is 10.6. The Morgan fingerprint density at radius 1 is 1.26 bits per heavy atom. The summed E-state index contributed by atoms with van der Waals surface area (Å²) in [7, 11) is -1.22. The van der Waals surface area contributed by atoms with E-state index in [9.17, 15) is 0 Å². The van der Waals surface area contributed by atoms with Crippen LogP contribution >= 0.6 is 24.8 Å². The Labute approximate surface area is 175 Å². The Morgan fingerprint density at radius 3 is 1.74 bits per heavy atom. The van der Waals surface area contributed by atoms with Crippen LogP contribution in [0.25, 0.3) is 5.73 Å². The molecule has 1 aliphatic carbocycles. The molecule has 1 rings (SSSR count). The van der Waals surface area contributed by atoms with Crippen LogP contribution in [0.4, 0.5) is 0 Å². The fourth-order valence-corrected chi connectivity index (χ4v) is 1.48. The minimum Gasteiger partial charge on any atom is -0.358 e. The Balaban J connectivity index is -0.0000000431. The molecular weight excluding hydrogens is 424 g/mol. The van der Waals surface area contributed by atoms with Gasteiger partial charge < -0.3 is 24.5 Å². The molecule has 0 aromatic rings. The van der Waals surface area contributed by atoms with Gasteiger partial charge in [0.05, 0.1) is 0 Å². The first-order valence-electron chi connectivity index (χ1n) is 6.81. The third-order valence-electron chi connectivity index (χ3n) is 1.27. The molecule has 1 N–H and O–H groups in total. The van der Waals surface area contributed by atoms with Crippen LogP contribution in [-0.4, -0.2) is 24.7 Å². The maximum atomic E-state index is 6.94. The summed E-state index contributed by atoms with van der Waals surface area (Å²) < 4.78 is 8.79. The number of halogens is 2. The summed E-state index contributed by atoms with van der Waals surface area (Å²) in [6.45, 7) is 16.6. The molecule has 0 fully saturated rings. The summed E-state index contributed by atoms with van der Waals surface area (Å²) in [6.07, 6.45) is 10.9. The van der Waals surface area contributed by atoms with E-state index in [2.05, 4.69) is 42.9 Å². The predicted octanol–water partition coefficient (Wildman–Crippen LogP) is 6.46. The fraction of sp³-hybridized carbons (Fsp3) is 0.588. The molecule has 0 heterocycles. The van der Waals surface area contributed by atoms with Crippen LogP contribution in [0, 0.1) is 20.4 Å². The molecule has 0 saturated heterocycles. The number of allylic oxidation sites excluding steroid dienone is 4. The molecule has 0 amide bonds. The number of nitrogens with one attached hydrogen (secondary N) is 1. The number of hydrogen-bond acceptors (Lipinski definition) is 1. The molecule has 0 aromatic carbocycles. The normalized spacial score (nSPS) is 10.7. The third-order valence-corrected chi connectivity index (χ3v) is 2.34. The Bertz CT molecular complexity index is 246. The monoisotopic (exact) mass is 459 g/mol. The first kappa shape index (κ1) is 39.2. The maximum absolute atomic E-state index is 6.94. The smallest absolute Gasteiger partial charge is 0.358 e. The van der Waals surface area contributed by atoms with Crippen LogP contribution in [0.1, 0.15) is 33.6 Å². The molecular formula is C17H37Cl2NOSiZr-4. The first-order chi connectivity index (χ1) is 9.06. The van der Waals surface area contributed by atoms with E-state index in [1.807, 2.05) is 32.9 Å². The molecule has 6 heteroatoms. The molecule has 0 aliphatic heterocycles. The van der Waals surface area contributed by atoms with Crippen LogP contribution in [0.5, 0.6) is 0 Å². The van der Waals surface area contributed by atoms with Crippen LogP contribution in [0.2, 0.25) is 19.6 Å². The van der Waals surface area contributed by atoms with Crippen molar-refractivity contribution in [2.24, 2.45) is 0 Å². The van der Waals surface area contributed by atoms with Crippen molar-refractivity contribution in [3.63, 3.8) is 0 Å². The molecule has 0 unspecified atom stereocenters. The van der Waals surface area contributed by atoms with Gasteiger partial charge in [-0.2, -0.15) is 12.5 Å². The minimum atomic E-state index is -1.22. The molecule has 0 bridgehead atoms. The largest absolute Gasteiger partial charge is 0.358 e. The van der Waals surface area contributed by atoms with Gasteiger partial charge in [0.2, 0.25) is 0 Å². The summed E-state index contributed by atoms with van der Waals surface area (Å²) in [5.74, 6) is 0. The zero-order chi connectivity index (χ0) is 16.7. The van der Waals surface area contributed by atoms with Crippen molar-refractivity contribution in [2.75, 3.05) is 6.61 Å². The standard InChI is InChI=1S/C6H15OSi.C5H5.C4H10N.CH3.CH2.2ClH.Zr/c1-5-6-7-8(2,3)4;1-2-4-5-3-1;1-4(2,3)5;;;;;/h1,5-6H2,2-4H3;1-3H,4H2;5H,1-3H3;1H3;1H2;2*1H;/q4*-1;;;;. The van der Waals surface area contributed by atoms with Crippen LogP contribution in [0.3, 0.4) is 0 Å². The van der Waals surface area contributed by atoms with Crippen molar-refractivity contribution in [3.8, 4) is 0 Å². The Kier molecular flexibility index (Phi) is 42.9. The zero-order valence-corrected chi connectivity index (χ0v) is 21.1. The molecule has 142 valence electrons. The zero-order valence-electron chi connectivity index (χ0n) is 16.0. The molecule has 0 spiro atoms. The summed E-state index contributed by atoms with van der Waals surface area (Å²) >= 11 is 1.30. The molecule has 0 saturated carbocycles. The van der Waals surface area contributed by atoms with E-state index in [1.54, 1.807) is 0 Å². The van der Waals surface area contributed by atoms with Gasteiger partial charge in [-0.1, -0.05) is 20.8 Å². The van der Waals surface area contributed by atoms with E-state index in [0.717, 1.165) is 19.4 Å². The van der Waals surface area contributed by atoms with E-state index >= 15 is 0 Å². The van der Waals surface area contributed by atoms with Crippen LogP contribution in [-0.2, 0) is 28.7 Å². The Hall–Kier alpha value is 0.950. The summed E-state index contributed by atoms with van der Waals surface area (Å²) in [4.78, 5) is 0. The van der Waals surface area contributed by atoms with Gasteiger partial charge in [0.1, 0.15) is 0 Å². The maximum Gasteiger partial charge on any atom is -0.358 e.